The van der Waals surface area contributed by atoms with E-state index in [4.69, 9.17) is 20.5 Å². The molecule has 11 nitrogen and oxygen atoms in total. The second-order valence-electron chi connectivity index (χ2n) is 9.53. The van der Waals surface area contributed by atoms with Crippen LogP contribution in [-0.4, -0.2) is 67.0 Å². The van der Waals surface area contributed by atoms with Crippen LogP contribution in [0.4, 0.5) is 8.78 Å². The summed E-state index contributed by atoms with van der Waals surface area (Å²) in [6.07, 6.45) is 0.664. The van der Waals surface area contributed by atoms with Crippen molar-refractivity contribution in [2.75, 3.05) is 20.1 Å². The molecule has 0 amide bonds. The number of carboxylic acids is 1. The van der Waals surface area contributed by atoms with E-state index in [0.717, 1.165) is 6.07 Å². The molecule has 2 heterocycles. The number of aromatic hydroxyl groups is 1. The maximum atomic E-state index is 15.5. The van der Waals surface area contributed by atoms with Gasteiger partial charge in [0.2, 0.25) is 11.6 Å². The van der Waals surface area contributed by atoms with Crippen LogP contribution in [0.2, 0.25) is 0 Å². The number of likely N-dealkylation sites (N-methyl/N-ethyl adjacent to an activating group) is 1. The number of ether oxygens (including phenoxy) is 2. The van der Waals surface area contributed by atoms with Crippen molar-refractivity contribution in [3.63, 3.8) is 0 Å². The third-order valence-corrected chi connectivity index (χ3v) is 8.26. The Morgan fingerprint density at radius 2 is 1.95 bits per heavy atom. The topological polar surface area (TPSA) is 171 Å². The number of carbonyl (C=O) groups is 1. The number of aliphatic imine (C=N–C) groups is 1. The molecular weight excluding hydrogens is 560 g/mol. The molecule has 1 aliphatic rings. The van der Waals surface area contributed by atoms with Crippen LogP contribution in [0.1, 0.15) is 25.0 Å². The van der Waals surface area contributed by atoms with Crippen LogP contribution in [-0.2, 0) is 15.6 Å². The minimum absolute atomic E-state index is 0.0529. The summed E-state index contributed by atoms with van der Waals surface area (Å²) in [5.74, 6) is -5.79. The van der Waals surface area contributed by atoms with E-state index in [1.165, 1.54) is 44.2 Å². The van der Waals surface area contributed by atoms with Gasteiger partial charge in [0.1, 0.15) is 17.6 Å². The van der Waals surface area contributed by atoms with Gasteiger partial charge in [0.15, 0.2) is 17.3 Å². The third-order valence-electron chi connectivity index (χ3n) is 6.36. The lowest BCUT2D eigenvalue weighted by molar-refractivity contribution is -0.139. The standard InChI is InChI=1S/C27H25F2N5O6S/c1-27(2,23(31)26(36)37)41(38)15-5-7-19(16(11-15)24-32-8-9-34(24)3)39-22-17(28)13-33-25(21(22)29)40-20-10-14(12-30)4-6-18(20)35/h4-7,10-11,13,23,35H,8-9,31H2,1-3H3,(H,36,37). The molecule has 2 unspecified atom stereocenters. The van der Waals surface area contributed by atoms with E-state index < -0.39 is 56.6 Å². The normalized spacial score (nSPS) is 14.7. The maximum Gasteiger partial charge on any atom is 0.322 e. The van der Waals surface area contributed by atoms with Crippen molar-refractivity contribution >= 4 is 22.6 Å². The molecule has 214 valence electrons. The average Bonchev–Trinajstić information content (AvgIpc) is 3.38. The molecule has 4 rings (SSSR count). The largest absolute Gasteiger partial charge is 0.504 e. The molecule has 0 radical (unpaired) electrons. The minimum atomic E-state index is -1.92. The van der Waals surface area contributed by atoms with Gasteiger partial charge in [0.25, 0.3) is 5.88 Å². The summed E-state index contributed by atoms with van der Waals surface area (Å²) in [6, 6.07) is 8.22. The number of aromatic nitrogens is 1. The van der Waals surface area contributed by atoms with Crippen LogP contribution >= 0.6 is 0 Å². The highest BCUT2D eigenvalue weighted by atomic mass is 32.2. The Kier molecular flexibility index (Phi) is 8.22. The number of benzene rings is 2. The summed E-state index contributed by atoms with van der Waals surface area (Å²) >= 11 is 0. The van der Waals surface area contributed by atoms with Crippen LogP contribution in [0.5, 0.6) is 28.9 Å². The van der Waals surface area contributed by atoms with Gasteiger partial charge in [-0.3, -0.25) is 14.0 Å². The number of aliphatic carboxylic acids is 1. The van der Waals surface area contributed by atoms with E-state index in [2.05, 4.69) is 9.98 Å². The smallest absolute Gasteiger partial charge is 0.322 e. The first kappa shape index (κ1) is 29.4. The number of rotatable bonds is 9. The molecule has 0 bridgehead atoms. The molecule has 1 aromatic heterocycles. The molecule has 0 fully saturated rings. The molecule has 0 saturated carbocycles. The molecule has 0 aliphatic carbocycles. The lowest BCUT2D eigenvalue weighted by Crippen LogP contribution is -2.51. The van der Waals surface area contributed by atoms with Gasteiger partial charge in [-0.05, 0) is 44.2 Å². The highest BCUT2D eigenvalue weighted by molar-refractivity contribution is 7.86. The average molecular weight is 586 g/mol. The van der Waals surface area contributed by atoms with Gasteiger partial charge in [-0.2, -0.15) is 9.65 Å². The second-order valence-corrected chi connectivity index (χ2v) is 11.6. The molecule has 2 atom stereocenters. The van der Waals surface area contributed by atoms with Crippen LogP contribution < -0.4 is 15.2 Å². The maximum absolute atomic E-state index is 15.5. The number of phenols is 1. The Labute approximate surface area is 235 Å². The molecule has 14 heteroatoms. The number of phenolic OH excluding ortho intramolecular Hbond substituents is 1. The Hall–Kier alpha value is -4.61. The fourth-order valence-electron chi connectivity index (χ4n) is 3.90. The SMILES string of the molecule is CN1CCN=C1c1cc(S(=O)C(C)(C)C(N)C(=O)O)ccc1Oc1c(F)cnc(Oc2cc(C#N)ccc2O)c1F. The lowest BCUT2D eigenvalue weighted by Gasteiger charge is -2.28. The van der Waals surface area contributed by atoms with Crippen LogP contribution in [0, 0.1) is 23.0 Å². The molecule has 2 aromatic carbocycles. The van der Waals surface area contributed by atoms with Gasteiger partial charge < -0.3 is 30.3 Å². The molecule has 3 aromatic rings. The van der Waals surface area contributed by atoms with Gasteiger partial charge in [0.05, 0.1) is 45.5 Å². The van der Waals surface area contributed by atoms with Gasteiger partial charge in [0, 0.05) is 24.6 Å². The van der Waals surface area contributed by atoms with Gasteiger partial charge in [-0.15, -0.1) is 0 Å². The van der Waals surface area contributed by atoms with Crippen molar-refractivity contribution in [1.29, 1.82) is 5.26 Å². The van der Waals surface area contributed by atoms with Crippen LogP contribution in [0.3, 0.4) is 0 Å². The van der Waals surface area contributed by atoms with Crippen molar-refractivity contribution in [2.45, 2.75) is 29.5 Å². The number of hydrogen-bond acceptors (Lipinski definition) is 10. The zero-order valence-electron chi connectivity index (χ0n) is 22.1. The first-order valence-electron chi connectivity index (χ1n) is 12.1. The predicted molar refractivity (Wildman–Crippen MR) is 144 cm³/mol. The predicted octanol–water partition coefficient (Wildman–Crippen LogP) is 3.51. The van der Waals surface area contributed by atoms with Crippen LogP contribution in [0.15, 0.2) is 52.5 Å². The zero-order chi connectivity index (χ0) is 30.1. The fourth-order valence-corrected chi connectivity index (χ4v) is 5.26. The Bertz CT molecular complexity index is 1620. The summed E-state index contributed by atoms with van der Waals surface area (Å²) in [7, 11) is -0.180. The quantitative estimate of drug-likeness (QED) is 0.337. The Morgan fingerprint density at radius 1 is 1.22 bits per heavy atom. The van der Waals surface area contributed by atoms with Crippen molar-refractivity contribution in [2.24, 2.45) is 10.7 Å². The highest BCUT2D eigenvalue weighted by Gasteiger charge is 2.39. The Morgan fingerprint density at radius 3 is 2.59 bits per heavy atom. The molecule has 0 spiro atoms. The van der Waals surface area contributed by atoms with Gasteiger partial charge in [-0.1, -0.05) is 0 Å². The number of nitrogens with two attached hydrogens (primary N) is 1. The van der Waals surface area contributed by atoms with E-state index in [9.17, 15) is 23.6 Å². The molecule has 4 N–H and O–H groups in total. The van der Waals surface area contributed by atoms with Gasteiger partial charge in [-0.25, -0.2) is 9.37 Å². The summed E-state index contributed by atoms with van der Waals surface area (Å²) in [6.45, 7) is 3.88. The fraction of sp³-hybridized carbons (Fsp3) is 0.259. The summed E-state index contributed by atoms with van der Waals surface area (Å²) in [5, 5.41) is 28.5. The monoisotopic (exact) mass is 585 g/mol. The van der Waals surface area contributed by atoms with Crippen molar-refractivity contribution in [1.82, 2.24) is 9.88 Å². The number of carboxylic acid groups (broad SMARTS) is 1. The zero-order valence-corrected chi connectivity index (χ0v) is 22.9. The number of nitriles is 1. The number of hydrogen-bond donors (Lipinski definition) is 3. The van der Waals surface area contributed by atoms with E-state index in [1.54, 1.807) is 11.9 Å². The number of nitrogens with zero attached hydrogens (tertiary/aromatic N) is 4. The lowest BCUT2D eigenvalue weighted by atomic mass is 10.1. The van der Waals surface area contributed by atoms with Crippen molar-refractivity contribution < 1.29 is 37.5 Å². The van der Waals surface area contributed by atoms with Gasteiger partial charge >= 0.3 is 5.97 Å². The summed E-state index contributed by atoms with van der Waals surface area (Å²) in [5.41, 5.74) is 6.16. The van der Waals surface area contributed by atoms with E-state index in [-0.39, 0.29) is 27.5 Å². The first-order chi connectivity index (χ1) is 19.3. The number of amidine groups is 1. The number of halogens is 2. The molecular formula is C27H25F2N5O6S. The Balaban J connectivity index is 1.76. The molecule has 0 saturated heterocycles. The van der Waals surface area contributed by atoms with E-state index >= 15 is 4.39 Å². The van der Waals surface area contributed by atoms with E-state index in [1.807, 2.05) is 6.07 Å². The second kappa shape index (κ2) is 11.5. The van der Waals surface area contributed by atoms with Crippen molar-refractivity contribution in [3.05, 3.63) is 65.4 Å². The van der Waals surface area contributed by atoms with Crippen LogP contribution in [0.25, 0.3) is 0 Å². The summed E-state index contributed by atoms with van der Waals surface area (Å²) < 4.78 is 53.4. The van der Waals surface area contributed by atoms with Crippen molar-refractivity contribution in [3.8, 4) is 34.9 Å². The molecule has 1 aliphatic heterocycles. The highest BCUT2D eigenvalue weighted by Crippen LogP contribution is 2.38. The number of pyridine rings is 1. The first-order valence-corrected chi connectivity index (χ1v) is 13.2. The third kappa shape index (κ3) is 5.81. The summed E-state index contributed by atoms with van der Waals surface area (Å²) in [4.78, 5) is 21.5. The van der Waals surface area contributed by atoms with E-state index in [0.29, 0.717) is 25.1 Å². The minimum Gasteiger partial charge on any atom is -0.504 e. The molecule has 41 heavy (non-hydrogen) atoms.